The number of carbonyl (C=O) groups excluding carboxylic acids is 1. The van der Waals surface area contributed by atoms with Crippen LogP contribution in [0.5, 0.6) is 11.5 Å². The molecule has 3 N–H and O–H groups in total. The molecular formula is C25H26F2N6O3. The number of amides is 1. The summed E-state index contributed by atoms with van der Waals surface area (Å²) < 4.78 is 41.5. The Morgan fingerprint density at radius 3 is 2.61 bits per heavy atom. The summed E-state index contributed by atoms with van der Waals surface area (Å²) in [5.74, 6) is 3.02. The molecule has 188 valence electrons. The number of carbonyl (C=O) groups is 1. The molecule has 3 heterocycles. The summed E-state index contributed by atoms with van der Waals surface area (Å²) >= 11 is 0. The first-order valence-corrected chi connectivity index (χ1v) is 11.2. The predicted octanol–water partition coefficient (Wildman–Crippen LogP) is 2.39. The summed E-state index contributed by atoms with van der Waals surface area (Å²) in [7, 11) is 4.32. The molecule has 1 aromatic carbocycles. The molecule has 1 aliphatic heterocycles. The maximum absolute atomic E-state index is 14.9. The highest BCUT2D eigenvalue weighted by atomic mass is 19.1. The number of halogens is 2. The van der Waals surface area contributed by atoms with Gasteiger partial charge in [-0.25, -0.2) is 13.8 Å². The molecular weight excluding hydrogens is 470 g/mol. The SMILES string of the molecule is C=CC(=O)N1CC[C@H](n2nc(C#Cc3c(F)c(OC)cc(OC)c3F)c3c(N)ncc(CNC)c32)C1. The molecule has 0 spiro atoms. The van der Waals surface area contributed by atoms with Crippen LogP contribution in [0.1, 0.15) is 29.3 Å². The average molecular weight is 497 g/mol. The van der Waals surface area contributed by atoms with Crippen LogP contribution in [0.25, 0.3) is 10.9 Å². The first kappa shape index (κ1) is 24.9. The number of hydrogen-bond acceptors (Lipinski definition) is 7. The Balaban J connectivity index is 1.90. The number of methoxy groups -OCH3 is 2. The fourth-order valence-electron chi connectivity index (χ4n) is 4.32. The third-order valence-electron chi connectivity index (χ3n) is 6.07. The number of nitrogens with zero attached hydrogens (tertiary/aromatic N) is 4. The number of nitrogens with two attached hydrogens (primary N) is 1. The van der Waals surface area contributed by atoms with Crippen molar-refractivity contribution in [3.05, 3.63) is 53.4 Å². The third kappa shape index (κ3) is 4.31. The zero-order valence-electron chi connectivity index (χ0n) is 20.2. The number of anilines is 1. The second kappa shape index (κ2) is 10.2. The van der Waals surface area contributed by atoms with E-state index >= 15 is 0 Å². The number of benzene rings is 1. The van der Waals surface area contributed by atoms with Gasteiger partial charge in [-0.15, -0.1) is 0 Å². The molecule has 0 aliphatic carbocycles. The van der Waals surface area contributed by atoms with Gasteiger partial charge in [0.15, 0.2) is 23.1 Å². The van der Waals surface area contributed by atoms with Gasteiger partial charge in [-0.3, -0.25) is 9.48 Å². The molecule has 0 unspecified atom stereocenters. The lowest BCUT2D eigenvalue weighted by atomic mass is 10.1. The fourth-order valence-corrected chi connectivity index (χ4v) is 4.32. The monoisotopic (exact) mass is 496 g/mol. The summed E-state index contributed by atoms with van der Waals surface area (Å²) in [6.45, 7) is 4.99. The topological polar surface area (TPSA) is 108 Å². The van der Waals surface area contributed by atoms with E-state index in [1.165, 1.54) is 20.3 Å². The van der Waals surface area contributed by atoms with Gasteiger partial charge in [0.2, 0.25) is 5.91 Å². The Morgan fingerprint density at radius 1 is 1.31 bits per heavy atom. The molecule has 1 amide bonds. The van der Waals surface area contributed by atoms with Crippen molar-refractivity contribution in [1.82, 2.24) is 25.0 Å². The Morgan fingerprint density at radius 2 is 2.00 bits per heavy atom. The summed E-state index contributed by atoms with van der Waals surface area (Å²) in [6, 6.07) is 0.956. The normalized spacial score (nSPS) is 15.0. The summed E-state index contributed by atoms with van der Waals surface area (Å²) in [6.07, 6.45) is 3.58. The molecule has 36 heavy (non-hydrogen) atoms. The van der Waals surface area contributed by atoms with E-state index in [4.69, 9.17) is 15.2 Å². The van der Waals surface area contributed by atoms with Gasteiger partial charge in [-0.2, -0.15) is 5.10 Å². The zero-order chi connectivity index (χ0) is 26.0. The van der Waals surface area contributed by atoms with Crippen LogP contribution in [0, 0.1) is 23.5 Å². The number of hydrogen-bond donors (Lipinski definition) is 2. The molecule has 3 aromatic rings. The average Bonchev–Trinajstić information content (AvgIpc) is 3.51. The number of aromatic nitrogens is 3. The van der Waals surface area contributed by atoms with E-state index in [9.17, 15) is 13.6 Å². The van der Waals surface area contributed by atoms with Crippen molar-refractivity contribution < 1.29 is 23.0 Å². The molecule has 0 saturated carbocycles. The summed E-state index contributed by atoms with van der Waals surface area (Å²) in [5, 5.41) is 8.24. The Bertz CT molecular complexity index is 1380. The zero-order valence-corrected chi connectivity index (χ0v) is 20.2. The molecule has 0 radical (unpaired) electrons. The first-order chi connectivity index (χ1) is 17.3. The van der Waals surface area contributed by atoms with Crippen molar-refractivity contribution >= 4 is 22.6 Å². The molecule has 1 aliphatic rings. The van der Waals surface area contributed by atoms with E-state index < -0.39 is 17.2 Å². The fraction of sp³-hybridized carbons (Fsp3) is 0.320. The van der Waals surface area contributed by atoms with Crippen molar-refractivity contribution in [3.63, 3.8) is 0 Å². The minimum absolute atomic E-state index is 0.158. The van der Waals surface area contributed by atoms with Crippen LogP contribution in [0.2, 0.25) is 0 Å². The lowest BCUT2D eigenvalue weighted by molar-refractivity contribution is -0.125. The lowest BCUT2D eigenvalue weighted by Crippen LogP contribution is -2.27. The van der Waals surface area contributed by atoms with E-state index in [2.05, 4.69) is 33.8 Å². The van der Waals surface area contributed by atoms with Crippen LogP contribution < -0.4 is 20.5 Å². The van der Waals surface area contributed by atoms with Gasteiger partial charge >= 0.3 is 0 Å². The largest absolute Gasteiger partial charge is 0.493 e. The van der Waals surface area contributed by atoms with Gasteiger partial charge in [0.05, 0.1) is 31.2 Å². The smallest absolute Gasteiger partial charge is 0.246 e. The van der Waals surface area contributed by atoms with E-state index in [0.717, 1.165) is 11.6 Å². The molecule has 4 rings (SSSR count). The van der Waals surface area contributed by atoms with Crippen LogP contribution in [-0.4, -0.2) is 59.9 Å². The molecule has 2 aromatic heterocycles. The quantitative estimate of drug-likeness (QED) is 0.399. The number of rotatable bonds is 6. The Kier molecular flexibility index (Phi) is 7.07. The number of fused-ring (bicyclic) bond motifs is 1. The van der Waals surface area contributed by atoms with E-state index in [-0.39, 0.29) is 35.0 Å². The van der Waals surface area contributed by atoms with Crippen LogP contribution in [0.3, 0.4) is 0 Å². The highest BCUT2D eigenvalue weighted by molar-refractivity contribution is 5.95. The maximum Gasteiger partial charge on any atom is 0.246 e. The van der Waals surface area contributed by atoms with Crippen molar-refractivity contribution in [1.29, 1.82) is 0 Å². The second-order valence-corrected chi connectivity index (χ2v) is 8.18. The highest BCUT2D eigenvalue weighted by Crippen LogP contribution is 2.33. The van der Waals surface area contributed by atoms with E-state index in [1.54, 1.807) is 22.8 Å². The first-order valence-electron chi connectivity index (χ1n) is 11.2. The van der Waals surface area contributed by atoms with E-state index in [1.807, 2.05) is 0 Å². The standard InChI is InChI=1S/C25H26F2N6O3/c1-5-20(34)32-9-8-15(13-32)33-24-14(11-29-2)12-30-25(28)21(24)17(31-33)7-6-16-22(26)18(35-3)10-19(36-4)23(16)27/h5,10,12,15,29H,1,8-9,11,13H2,2-4H3,(H2,28,30)/t15-/m0/s1. The lowest BCUT2D eigenvalue weighted by Gasteiger charge is -2.16. The van der Waals surface area contributed by atoms with Crippen molar-refractivity contribution in [3.8, 4) is 23.3 Å². The van der Waals surface area contributed by atoms with Gasteiger partial charge in [0, 0.05) is 37.5 Å². The molecule has 1 fully saturated rings. The predicted molar refractivity (Wildman–Crippen MR) is 131 cm³/mol. The molecule has 9 nitrogen and oxygen atoms in total. The van der Waals surface area contributed by atoms with Crippen molar-refractivity contribution in [2.45, 2.75) is 19.0 Å². The second-order valence-electron chi connectivity index (χ2n) is 8.18. The summed E-state index contributed by atoms with van der Waals surface area (Å²) in [5.41, 5.74) is 7.44. The van der Waals surface area contributed by atoms with Crippen LogP contribution in [0.15, 0.2) is 24.9 Å². The van der Waals surface area contributed by atoms with Gasteiger partial charge < -0.3 is 25.4 Å². The maximum atomic E-state index is 14.9. The number of pyridine rings is 1. The highest BCUT2D eigenvalue weighted by Gasteiger charge is 2.30. The molecule has 11 heteroatoms. The van der Waals surface area contributed by atoms with Crippen LogP contribution >= 0.6 is 0 Å². The number of nitrogens with one attached hydrogen (secondary N) is 1. The van der Waals surface area contributed by atoms with Crippen LogP contribution in [-0.2, 0) is 11.3 Å². The molecule has 1 atom stereocenters. The van der Waals surface area contributed by atoms with Crippen molar-refractivity contribution in [2.24, 2.45) is 0 Å². The molecule has 0 bridgehead atoms. The summed E-state index contributed by atoms with van der Waals surface area (Å²) in [4.78, 5) is 18.1. The minimum atomic E-state index is -0.955. The van der Waals surface area contributed by atoms with Gasteiger partial charge in [-0.1, -0.05) is 12.5 Å². The minimum Gasteiger partial charge on any atom is -0.493 e. The van der Waals surface area contributed by atoms with E-state index in [0.29, 0.717) is 37.0 Å². The third-order valence-corrected chi connectivity index (χ3v) is 6.07. The van der Waals surface area contributed by atoms with Crippen LogP contribution in [0.4, 0.5) is 14.6 Å². The Hall–Kier alpha value is -4.17. The number of likely N-dealkylation sites (tertiary alicyclic amines) is 1. The Labute approximate surface area is 206 Å². The molecule has 1 saturated heterocycles. The number of ether oxygens (including phenoxy) is 2. The van der Waals surface area contributed by atoms with Gasteiger partial charge in [0.1, 0.15) is 17.1 Å². The van der Waals surface area contributed by atoms with Crippen molar-refractivity contribution in [2.75, 3.05) is 40.1 Å². The number of nitrogen functional groups attached to an aromatic ring is 1. The van der Waals surface area contributed by atoms with Gasteiger partial charge in [0.25, 0.3) is 0 Å². The van der Waals surface area contributed by atoms with Gasteiger partial charge in [-0.05, 0) is 25.5 Å².